The zero-order valence-corrected chi connectivity index (χ0v) is 16.0. The van der Waals surface area contributed by atoms with Gasteiger partial charge in [0.05, 0.1) is 12.6 Å². The van der Waals surface area contributed by atoms with Crippen molar-refractivity contribution in [3.05, 3.63) is 65.2 Å². The molecule has 3 rings (SSSR count). The molecule has 1 heterocycles. The van der Waals surface area contributed by atoms with E-state index >= 15 is 0 Å². The molecule has 1 atom stereocenters. The highest BCUT2D eigenvalue weighted by Crippen LogP contribution is 2.22. The number of benzene rings is 2. The van der Waals surface area contributed by atoms with Crippen LogP contribution in [0.5, 0.6) is 5.75 Å². The molecule has 1 saturated heterocycles. The molecular weight excluding hydrogens is 378 g/mol. The van der Waals surface area contributed by atoms with Crippen LogP contribution in [0.15, 0.2) is 58.7 Å². The lowest BCUT2D eigenvalue weighted by molar-refractivity contribution is -0.138. The number of carbonyl (C=O) groups is 2. The molecule has 0 bridgehead atoms. The Morgan fingerprint density at radius 3 is 2.75 bits per heavy atom. The maximum Gasteiger partial charge on any atom is 0.305 e. The smallest absolute Gasteiger partial charge is 0.305 e. The SMILES string of the molecule is Cc1ccc(COc2ccccc2C=NN=C2NC(=O)C(CC(=O)O)S2)cc1. The number of ether oxygens (including phenoxy) is 1. The number of aryl methyl sites for hydroxylation is 1. The number of amides is 1. The van der Waals surface area contributed by atoms with Crippen LogP contribution in [-0.2, 0) is 16.2 Å². The average molecular weight is 397 g/mol. The molecule has 2 aromatic rings. The van der Waals surface area contributed by atoms with Crippen LogP contribution in [-0.4, -0.2) is 33.6 Å². The van der Waals surface area contributed by atoms with E-state index in [2.05, 4.69) is 15.5 Å². The van der Waals surface area contributed by atoms with Crippen LogP contribution in [0, 0.1) is 6.92 Å². The maximum atomic E-state index is 11.7. The third-order valence-corrected chi connectivity index (χ3v) is 4.99. The number of nitrogens with one attached hydrogen (secondary N) is 1. The van der Waals surface area contributed by atoms with Gasteiger partial charge in [-0.25, -0.2) is 0 Å². The predicted octanol–water partition coefficient (Wildman–Crippen LogP) is 2.97. The van der Waals surface area contributed by atoms with Gasteiger partial charge in [-0.15, -0.1) is 5.10 Å². The quantitative estimate of drug-likeness (QED) is 0.553. The van der Waals surface area contributed by atoms with Gasteiger partial charge >= 0.3 is 5.97 Å². The molecule has 1 unspecified atom stereocenters. The Kier molecular flexibility index (Phi) is 6.44. The van der Waals surface area contributed by atoms with Gasteiger partial charge in [0.25, 0.3) is 0 Å². The normalized spacial score (nSPS) is 17.8. The molecule has 2 aromatic carbocycles. The predicted molar refractivity (Wildman–Crippen MR) is 109 cm³/mol. The zero-order valence-electron chi connectivity index (χ0n) is 15.2. The molecule has 0 aliphatic carbocycles. The summed E-state index contributed by atoms with van der Waals surface area (Å²) in [4.78, 5) is 22.4. The Bertz CT molecular complexity index is 925. The molecule has 1 fully saturated rings. The van der Waals surface area contributed by atoms with Crippen LogP contribution < -0.4 is 10.1 Å². The van der Waals surface area contributed by atoms with Crippen molar-refractivity contribution in [1.29, 1.82) is 0 Å². The van der Waals surface area contributed by atoms with E-state index in [1.54, 1.807) is 0 Å². The molecule has 2 N–H and O–H groups in total. The van der Waals surface area contributed by atoms with Crippen molar-refractivity contribution >= 4 is 35.0 Å². The third-order valence-electron chi connectivity index (χ3n) is 3.92. The highest BCUT2D eigenvalue weighted by Gasteiger charge is 2.32. The van der Waals surface area contributed by atoms with Gasteiger partial charge in [0, 0.05) is 5.56 Å². The van der Waals surface area contributed by atoms with E-state index in [0.717, 1.165) is 22.9 Å². The third kappa shape index (κ3) is 5.43. The number of para-hydroxylation sites is 1. The standard InChI is InChI=1S/C20H19N3O4S/c1-13-6-8-14(9-7-13)12-27-16-5-3-2-4-15(16)11-21-23-20-22-19(26)17(28-20)10-18(24)25/h2-9,11,17H,10,12H2,1H3,(H,24,25)(H,22,23,26). The fraction of sp³-hybridized carbons (Fsp3) is 0.200. The highest BCUT2D eigenvalue weighted by atomic mass is 32.2. The molecular formula is C20H19N3O4S. The lowest BCUT2D eigenvalue weighted by Gasteiger charge is -2.09. The molecule has 144 valence electrons. The van der Waals surface area contributed by atoms with Crippen molar-refractivity contribution < 1.29 is 19.4 Å². The van der Waals surface area contributed by atoms with E-state index in [4.69, 9.17) is 9.84 Å². The summed E-state index contributed by atoms with van der Waals surface area (Å²) in [7, 11) is 0. The summed E-state index contributed by atoms with van der Waals surface area (Å²) in [6, 6.07) is 15.5. The van der Waals surface area contributed by atoms with Crippen molar-refractivity contribution in [2.24, 2.45) is 10.2 Å². The first-order valence-corrected chi connectivity index (χ1v) is 9.47. The fourth-order valence-electron chi connectivity index (χ4n) is 2.45. The number of carboxylic acid groups (broad SMARTS) is 1. The van der Waals surface area contributed by atoms with Gasteiger partial charge < -0.3 is 15.2 Å². The number of hydrogen-bond donors (Lipinski definition) is 2. The minimum absolute atomic E-state index is 0.255. The van der Waals surface area contributed by atoms with Gasteiger partial charge in [0.2, 0.25) is 5.91 Å². The number of nitrogens with zero attached hydrogens (tertiary/aromatic N) is 2. The Hall–Kier alpha value is -3.13. The van der Waals surface area contributed by atoms with E-state index in [0.29, 0.717) is 12.4 Å². The first kappa shape index (κ1) is 19.6. The summed E-state index contributed by atoms with van der Waals surface area (Å²) >= 11 is 1.06. The van der Waals surface area contributed by atoms with Crippen LogP contribution in [0.25, 0.3) is 0 Å². The molecule has 1 aliphatic rings. The van der Waals surface area contributed by atoms with Crippen molar-refractivity contribution in [2.75, 3.05) is 0 Å². The van der Waals surface area contributed by atoms with Crippen molar-refractivity contribution in [3.8, 4) is 5.75 Å². The van der Waals surface area contributed by atoms with Gasteiger partial charge in [0.15, 0.2) is 5.17 Å². The monoisotopic (exact) mass is 397 g/mol. The average Bonchev–Trinajstić information content (AvgIpc) is 3.01. The van der Waals surface area contributed by atoms with Crippen molar-refractivity contribution in [1.82, 2.24) is 5.32 Å². The summed E-state index contributed by atoms with van der Waals surface area (Å²) < 4.78 is 5.88. The highest BCUT2D eigenvalue weighted by molar-refractivity contribution is 8.15. The van der Waals surface area contributed by atoms with E-state index in [1.807, 2.05) is 55.5 Å². The Morgan fingerprint density at radius 1 is 1.25 bits per heavy atom. The second kappa shape index (κ2) is 9.18. The zero-order chi connectivity index (χ0) is 19.9. The van der Waals surface area contributed by atoms with Crippen molar-refractivity contribution in [2.45, 2.75) is 25.2 Å². The summed E-state index contributed by atoms with van der Waals surface area (Å²) in [6.07, 6.45) is 1.28. The topological polar surface area (TPSA) is 100 Å². The largest absolute Gasteiger partial charge is 0.488 e. The molecule has 1 aliphatic heterocycles. The molecule has 0 radical (unpaired) electrons. The molecule has 0 spiro atoms. The lowest BCUT2D eigenvalue weighted by Crippen LogP contribution is -2.26. The van der Waals surface area contributed by atoms with Crippen LogP contribution in [0.1, 0.15) is 23.1 Å². The number of aliphatic carboxylic acids is 1. The maximum absolute atomic E-state index is 11.7. The van der Waals surface area contributed by atoms with Crippen LogP contribution in [0.2, 0.25) is 0 Å². The minimum Gasteiger partial charge on any atom is -0.488 e. The number of carboxylic acids is 1. The summed E-state index contributed by atoms with van der Waals surface area (Å²) in [5.41, 5.74) is 3.00. The van der Waals surface area contributed by atoms with Gasteiger partial charge in [-0.2, -0.15) is 5.10 Å². The van der Waals surface area contributed by atoms with E-state index in [1.165, 1.54) is 11.8 Å². The molecule has 7 nitrogen and oxygen atoms in total. The van der Waals surface area contributed by atoms with Crippen LogP contribution in [0.4, 0.5) is 0 Å². The minimum atomic E-state index is -1.03. The van der Waals surface area contributed by atoms with Gasteiger partial charge in [0.1, 0.15) is 17.6 Å². The summed E-state index contributed by atoms with van der Waals surface area (Å²) in [6.45, 7) is 2.47. The summed E-state index contributed by atoms with van der Waals surface area (Å²) in [5, 5.41) is 18.9. The molecule has 0 aromatic heterocycles. The number of amidine groups is 1. The van der Waals surface area contributed by atoms with Gasteiger partial charge in [-0.1, -0.05) is 53.7 Å². The first-order valence-electron chi connectivity index (χ1n) is 8.59. The number of hydrogen-bond acceptors (Lipinski definition) is 6. The van der Waals surface area contributed by atoms with Gasteiger partial charge in [-0.05, 0) is 24.6 Å². The number of carbonyl (C=O) groups excluding carboxylic acids is 1. The fourth-order valence-corrected chi connectivity index (χ4v) is 3.37. The van der Waals surface area contributed by atoms with E-state index in [-0.39, 0.29) is 17.5 Å². The molecule has 1 amide bonds. The summed E-state index contributed by atoms with van der Waals surface area (Å²) in [5.74, 6) is -0.737. The van der Waals surface area contributed by atoms with E-state index < -0.39 is 11.2 Å². The Balaban J connectivity index is 1.63. The number of rotatable bonds is 7. The molecule has 28 heavy (non-hydrogen) atoms. The molecule has 0 saturated carbocycles. The lowest BCUT2D eigenvalue weighted by atomic mass is 10.1. The first-order chi connectivity index (χ1) is 13.5. The Labute approximate surface area is 166 Å². The van der Waals surface area contributed by atoms with Crippen LogP contribution in [0.3, 0.4) is 0 Å². The Morgan fingerprint density at radius 2 is 2.00 bits per heavy atom. The second-order valence-corrected chi connectivity index (χ2v) is 7.35. The van der Waals surface area contributed by atoms with Crippen molar-refractivity contribution in [3.63, 3.8) is 0 Å². The van der Waals surface area contributed by atoms with Crippen LogP contribution >= 0.6 is 11.8 Å². The van der Waals surface area contributed by atoms with Gasteiger partial charge in [-0.3, -0.25) is 9.59 Å². The number of thioether (sulfide) groups is 1. The molecule has 8 heteroatoms. The second-order valence-electron chi connectivity index (χ2n) is 6.16. The van der Waals surface area contributed by atoms with E-state index in [9.17, 15) is 9.59 Å².